The van der Waals surface area contributed by atoms with Gasteiger partial charge in [0, 0.05) is 43.3 Å². The SMILES string of the molecule is Cc1ccc(C(=O)N2CCCC(C3(O)CC3)C2)cc1N1CCNC1=O. The van der Waals surface area contributed by atoms with Crippen LogP contribution in [0, 0.1) is 12.8 Å². The first-order valence-corrected chi connectivity index (χ1v) is 9.16. The Morgan fingerprint density at radius 3 is 2.80 bits per heavy atom. The van der Waals surface area contributed by atoms with Crippen molar-refractivity contribution in [2.45, 2.75) is 38.2 Å². The number of anilines is 1. The van der Waals surface area contributed by atoms with Gasteiger partial charge in [0.1, 0.15) is 0 Å². The van der Waals surface area contributed by atoms with Gasteiger partial charge >= 0.3 is 6.03 Å². The van der Waals surface area contributed by atoms with E-state index in [4.69, 9.17) is 0 Å². The minimum Gasteiger partial charge on any atom is -0.390 e. The van der Waals surface area contributed by atoms with Gasteiger partial charge in [-0.25, -0.2) is 4.79 Å². The molecule has 2 aliphatic heterocycles. The second-order valence-corrected chi connectivity index (χ2v) is 7.58. The van der Waals surface area contributed by atoms with E-state index in [9.17, 15) is 14.7 Å². The fourth-order valence-corrected chi connectivity index (χ4v) is 4.05. The molecule has 3 fully saturated rings. The average molecular weight is 343 g/mol. The Bertz CT molecular complexity index is 714. The van der Waals surface area contributed by atoms with Crippen LogP contribution in [0.3, 0.4) is 0 Å². The number of carbonyl (C=O) groups is 2. The summed E-state index contributed by atoms with van der Waals surface area (Å²) >= 11 is 0. The molecule has 0 aromatic heterocycles. The molecule has 0 radical (unpaired) electrons. The fraction of sp³-hybridized carbons (Fsp3) is 0.579. The zero-order valence-corrected chi connectivity index (χ0v) is 14.6. The van der Waals surface area contributed by atoms with Gasteiger partial charge in [0.2, 0.25) is 0 Å². The lowest BCUT2D eigenvalue weighted by atomic mass is 9.90. The zero-order valence-electron chi connectivity index (χ0n) is 14.6. The van der Waals surface area contributed by atoms with E-state index in [1.807, 2.05) is 30.0 Å². The molecule has 2 heterocycles. The van der Waals surface area contributed by atoms with E-state index in [0.29, 0.717) is 25.2 Å². The van der Waals surface area contributed by atoms with Crippen LogP contribution in [0.4, 0.5) is 10.5 Å². The first kappa shape index (κ1) is 16.4. The molecule has 0 spiro atoms. The highest BCUT2D eigenvalue weighted by Gasteiger charge is 2.49. The van der Waals surface area contributed by atoms with Crippen molar-refractivity contribution in [3.05, 3.63) is 29.3 Å². The summed E-state index contributed by atoms with van der Waals surface area (Å²) in [5, 5.41) is 13.2. The van der Waals surface area contributed by atoms with Crippen LogP contribution in [0.15, 0.2) is 18.2 Å². The first-order chi connectivity index (χ1) is 12.0. The Hall–Kier alpha value is -2.08. The Morgan fingerprint density at radius 2 is 2.12 bits per heavy atom. The minimum atomic E-state index is -0.537. The van der Waals surface area contributed by atoms with Gasteiger partial charge in [-0.2, -0.15) is 0 Å². The highest BCUT2D eigenvalue weighted by molar-refractivity contribution is 5.99. The van der Waals surface area contributed by atoms with Crippen molar-refractivity contribution in [2.24, 2.45) is 5.92 Å². The van der Waals surface area contributed by atoms with Crippen molar-refractivity contribution in [1.82, 2.24) is 10.2 Å². The maximum absolute atomic E-state index is 13.0. The first-order valence-electron chi connectivity index (χ1n) is 9.16. The second kappa shape index (κ2) is 6.02. The molecule has 1 aromatic carbocycles. The lowest BCUT2D eigenvalue weighted by molar-refractivity contribution is 0.0282. The molecule has 1 aromatic rings. The lowest BCUT2D eigenvalue weighted by Crippen LogP contribution is -2.44. The molecular weight excluding hydrogens is 318 g/mol. The van der Waals surface area contributed by atoms with Crippen LogP contribution in [-0.4, -0.2) is 53.7 Å². The summed E-state index contributed by atoms with van der Waals surface area (Å²) in [4.78, 5) is 28.5. The van der Waals surface area contributed by atoms with Gasteiger partial charge in [-0.3, -0.25) is 9.69 Å². The van der Waals surface area contributed by atoms with E-state index in [-0.39, 0.29) is 17.9 Å². The molecule has 3 aliphatic rings. The van der Waals surface area contributed by atoms with Crippen LogP contribution < -0.4 is 10.2 Å². The molecule has 2 saturated heterocycles. The number of likely N-dealkylation sites (tertiary alicyclic amines) is 1. The second-order valence-electron chi connectivity index (χ2n) is 7.58. The summed E-state index contributed by atoms with van der Waals surface area (Å²) in [5.74, 6) is 0.189. The number of carbonyl (C=O) groups excluding carboxylic acids is 2. The maximum Gasteiger partial charge on any atom is 0.322 e. The Morgan fingerprint density at radius 1 is 1.32 bits per heavy atom. The number of hydrogen-bond donors (Lipinski definition) is 2. The quantitative estimate of drug-likeness (QED) is 0.880. The lowest BCUT2D eigenvalue weighted by Gasteiger charge is -2.35. The normalized spacial score (nSPS) is 25.0. The minimum absolute atomic E-state index is 0.00481. The Kier molecular flexibility index (Phi) is 3.95. The van der Waals surface area contributed by atoms with Gasteiger partial charge in [0.05, 0.1) is 5.60 Å². The molecule has 25 heavy (non-hydrogen) atoms. The predicted octanol–water partition coefficient (Wildman–Crippen LogP) is 1.90. The number of aliphatic hydroxyl groups is 1. The van der Waals surface area contributed by atoms with E-state index >= 15 is 0 Å². The summed E-state index contributed by atoms with van der Waals surface area (Å²) < 4.78 is 0. The van der Waals surface area contributed by atoms with Crippen molar-refractivity contribution in [1.29, 1.82) is 0 Å². The van der Waals surface area contributed by atoms with Crippen LogP contribution in [0.5, 0.6) is 0 Å². The summed E-state index contributed by atoms with van der Waals surface area (Å²) in [6.07, 6.45) is 3.65. The highest BCUT2D eigenvalue weighted by atomic mass is 16.3. The van der Waals surface area contributed by atoms with E-state index in [1.165, 1.54) is 0 Å². The number of rotatable bonds is 3. The van der Waals surface area contributed by atoms with Gasteiger partial charge in [0.15, 0.2) is 0 Å². The summed E-state index contributed by atoms with van der Waals surface area (Å²) in [6, 6.07) is 5.47. The van der Waals surface area contributed by atoms with Crippen LogP contribution in [-0.2, 0) is 0 Å². The number of nitrogens with zero attached hydrogens (tertiary/aromatic N) is 2. The van der Waals surface area contributed by atoms with Crippen molar-refractivity contribution >= 4 is 17.6 Å². The van der Waals surface area contributed by atoms with Gasteiger partial charge in [0.25, 0.3) is 5.91 Å². The molecule has 2 N–H and O–H groups in total. The van der Waals surface area contributed by atoms with Crippen LogP contribution in [0.2, 0.25) is 0 Å². The van der Waals surface area contributed by atoms with Crippen molar-refractivity contribution < 1.29 is 14.7 Å². The standard InChI is InChI=1S/C19H25N3O3/c1-13-4-5-14(11-16(13)22-10-8-20-18(22)24)17(23)21-9-2-3-15(12-21)19(25)6-7-19/h4-5,11,15,25H,2-3,6-10,12H2,1H3,(H,20,24). The van der Waals surface area contributed by atoms with Gasteiger partial charge in [-0.15, -0.1) is 0 Å². The monoisotopic (exact) mass is 343 g/mol. The number of benzene rings is 1. The Balaban J connectivity index is 1.54. The third-order valence-corrected chi connectivity index (χ3v) is 5.83. The number of hydrogen-bond acceptors (Lipinski definition) is 3. The molecule has 0 bridgehead atoms. The third-order valence-electron chi connectivity index (χ3n) is 5.83. The number of piperidine rings is 1. The average Bonchev–Trinajstić information content (AvgIpc) is 3.24. The Labute approximate surface area is 147 Å². The van der Waals surface area contributed by atoms with E-state index in [0.717, 1.165) is 43.5 Å². The van der Waals surface area contributed by atoms with E-state index < -0.39 is 5.60 Å². The van der Waals surface area contributed by atoms with Gasteiger partial charge in [-0.05, 0) is 50.3 Å². The smallest absolute Gasteiger partial charge is 0.322 e. The van der Waals surface area contributed by atoms with Gasteiger partial charge < -0.3 is 15.3 Å². The maximum atomic E-state index is 13.0. The summed E-state index contributed by atoms with van der Waals surface area (Å²) in [6.45, 7) is 4.56. The number of amides is 3. The molecule has 1 atom stereocenters. The zero-order chi connectivity index (χ0) is 17.6. The predicted molar refractivity (Wildman–Crippen MR) is 94.7 cm³/mol. The molecule has 3 amide bonds. The van der Waals surface area contributed by atoms with Gasteiger partial charge in [-0.1, -0.05) is 6.07 Å². The van der Waals surface area contributed by atoms with Crippen LogP contribution in [0.25, 0.3) is 0 Å². The molecule has 1 saturated carbocycles. The molecule has 1 unspecified atom stereocenters. The topological polar surface area (TPSA) is 72.9 Å². The van der Waals surface area contributed by atoms with Crippen molar-refractivity contribution in [2.75, 3.05) is 31.1 Å². The van der Waals surface area contributed by atoms with Crippen molar-refractivity contribution in [3.63, 3.8) is 0 Å². The molecule has 4 rings (SSSR count). The summed E-state index contributed by atoms with van der Waals surface area (Å²) in [7, 11) is 0. The number of aryl methyl sites for hydroxylation is 1. The van der Waals surface area contributed by atoms with Crippen molar-refractivity contribution in [3.8, 4) is 0 Å². The number of nitrogens with one attached hydrogen (secondary N) is 1. The largest absolute Gasteiger partial charge is 0.390 e. The third kappa shape index (κ3) is 2.99. The number of urea groups is 1. The van der Waals surface area contributed by atoms with Crippen LogP contribution >= 0.6 is 0 Å². The molecular formula is C19H25N3O3. The molecule has 6 heteroatoms. The summed E-state index contributed by atoms with van der Waals surface area (Å²) in [5.41, 5.74) is 1.86. The fourth-order valence-electron chi connectivity index (χ4n) is 4.05. The molecule has 6 nitrogen and oxygen atoms in total. The molecule has 134 valence electrons. The molecule has 1 aliphatic carbocycles. The highest BCUT2D eigenvalue weighted by Crippen LogP contribution is 2.45. The van der Waals surface area contributed by atoms with E-state index in [1.54, 1.807) is 4.90 Å². The van der Waals surface area contributed by atoms with E-state index in [2.05, 4.69) is 5.32 Å². The van der Waals surface area contributed by atoms with Crippen LogP contribution in [0.1, 0.15) is 41.6 Å².